The van der Waals surface area contributed by atoms with Gasteiger partial charge in [0.25, 0.3) is 0 Å². The maximum absolute atomic E-state index is 12.2. The monoisotopic (exact) mass is 240 g/mol. The van der Waals surface area contributed by atoms with Gasteiger partial charge in [0.1, 0.15) is 0 Å². The third-order valence-corrected chi connectivity index (χ3v) is 3.61. The van der Waals surface area contributed by atoms with Crippen LogP contribution >= 0.6 is 0 Å². The predicted octanol–water partition coefficient (Wildman–Crippen LogP) is 2.40. The molecule has 17 heavy (non-hydrogen) atoms. The van der Waals surface area contributed by atoms with Crippen LogP contribution < -0.4 is 5.73 Å². The summed E-state index contributed by atoms with van der Waals surface area (Å²) in [5, 5.41) is 0. The van der Waals surface area contributed by atoms with Crippen molar-refractivity contribution in [2.24, 2.45) is 17.6 Å². The Morgan fingerprint density at radius 2 is 2.12 bits per heavy atom. The molecule has 3 heteroatoms. The van der Waals surface area contributed by atoms with E-state index in [9.17, 15) is 4.79 Å². The molecule has 2 atom stereocenters. The summed E-state index contributed by atoms with van der Waals surface area (Å²) in [6.07, 6.45) is 5.24. The first-order valence-corrected chi connectivity index (χ1v) is 7.06. The van der Waals surface area contributed by atoms with Crippen LogP contribution in [0.2, 0.25) is 0 Å². The van der Waals surface area contributed by atoms with Crippen LogP contribution in [0.3, 0.4) is 0 Å². The molecule has 2 unspecified atom stereocenters. The zero-order chi connectivity index (χ0) is 12.8. The lowest BCUT2D eigenvalue weighted by Crippen LogP contribution is -2.37. The number of hydrogen-bond donors (Lipinski definition) is 1. The van der Waals surface area contributed by atoms with Crippen molar-refractivity contribution in [1.82, 2.24) is 4.90 Å². The van der Waals surface area contributed by atoms with Crippen molar-refractivity contribution >= 4 is 5.91 Å². The first-order valence-electron chi connectivity index (χ1n) is 7.06. The fraction of sp³-hybridized carbons (Fsp3) is 0.929. The molecule has 100 valence electrons. The fourth-order valence-electron chi connectivity index (χ4n) is 2.74. The molecule has 0 aromatic heterocycles. The molecule has 0 aromatic rings. The molecule has 0 saturated heterocycles. The van der Waals surface area contributed by atoms with Crippen molar-refractivity contribution in [3.05, 3.63) is 0 Å². The Labute approximate surface area is 106 Å². The molecular formula is C14H28N2O. The van der Waals surface area contributed by atoms with Gasteiger partial charge in [0.05, 0.1) is 0 Å². The minimum Gasteiger partial charge on any atom is -0.343 e. The Morgan fingerprint density at radius 3 is 2.65 bits per heavy atom. The molecular weight excluding hydrogens is 212 g/mol. The maximum atomic E-state index is 12.2. The van der Waals surface area contributed by atoms with Crippen LogP contribution in [0.25, 0.3) is 0 Å². The molecule has 0 bridgehead atoms. The van der Waals surface area contributed by atoms with Gasteiger partial charge < -0.3 is 10.6 Å². The molecule has 2 N–H and O–H groups in total. The van der Waals surface area contributed by atoms with Crippen molar-refractivity contribution < 1.29 is 4.79 Å². The summed E-state index contributed by atoms with van der Waals surface area (Å²) in [4.78, 5) is 14.2. The van der Waals surface area contributed by atoms with E-state index in [2.05, 4.69) is 20.8 Å². The molecule has 1 fully saturated rings. The first-order chi connectivity index (χ1) is 8.02. The number of amides is 1. The maximum Gasteiger partial charge on any atom is 0.222 e. The van der Waals surface area contributed by atoms with Crippen LogP contribution in [0.4, 0.5) is 0 Å². The Bertz CT molecular complexity index is 240. The normalized spacial score (nSPS) is 25.0. The van der Waals surface area contributed by atoms with E-state index in [0.717, 1.165) is 25.9 Å². The van der Waals surface area contributed by atoms with Crippen molar-refractivity contribution in [1.29, 1.82) is 0 Å². The van der Waals surface area contributed by atoms with Crippen molar-refractivity contribution in [3.8, 4) is 0 Å². The van der Waals surface area contributed by atoms with E-state index in [1.807, 2.05) is 4.90 Å². The van der Waals surface area contributed by atoms with E-state index in [0.29, 0.717) is 30.2 Å². The lowest BCUT2D eigenvalue weighted by molar-refractivity contribution is -0.132. The highest BCUT2D eigenvalue weighted by atomic mass is 16.2. The van der Waals surface area contributed by atoms with Crippen LogP contribution in [-0.4, -0.2) is 29.9 Å². The molecule has 1 aliphatic carbocycles. The Kier molecular flexibility index (Phi) is 5.96. The molecule has 1 rings (SSSR count). The fourth-order valence-corrected chi connectivity index (χ4v) is 2.74. The van der Waals surface area contributed by atoms with Gasteiger partial charge in [-0.25, -0.2) is 0 Å². The van der Waals surface area contributed by atoms with E-state index in [4.69, 9.17) is 5.73 Å². The van der Waals surface area contributed by atoms with E-state index < -0.39 is 0 Å². The zero-order valence-electron chi connectivity index (χ0n) is 11.6. The SMILES string of the molecule is CCN(CC(C)C)C(=O)CC1CCCC(N)C1. The van der Waals surface area contributed by atoms with Gasteiger partial charge in [0.2, 0.25) is 5.91 Å². The molecule has 0 aromatic carbocycles. The van der Waals surface area contributed by atoms with Gasteiger partial charge in [-0.05, 0) is 38.0 Å². The Morgan fingerprint density at radius 1 is 1.41 bits per heavy atom. The number of carbonyl (C=O) groups is 1. The molecule has 0 radical (unpaired) electrons. The predicted molar refractivity (Wildman–Crippen MR) is 71.6 cm³/mol. The lowest BCUT2D eigenvalue weighted by atomic mass is 9.84. The molecule has 0 aliphatic heterocycles. The van der Waals surface area contributed by atoms with Crippen LogP contribution in [0, 0.1) is 11.8 Å². The standard InChI is InChI=1S/C14H28N2O/c1-4-16(10-11(2)3)14(17)9-12-6-5-7-13(15)8-12/h11-13H,4-10,15H2,1-3H3. The van der Waals surface area contributed by atoms with Gasteiger partial charge in [-0.15, -0.1) is 0 Å². The minimum atomic E-state index is 0.320. The Hall–Kier alpha value is -0.570. The topological polar surface area (TPSA) is 46.3 Å². The summed E-state index contributed by atoms with van der Waals surface area (Å²) < 4.78 is 0. The highest BCUT2D eigenvalue weighted by Crippen LogP contribution is 2.26. The number of carbonyl (C=O) groups excluding carboxylic acids is 1. The minimum absolute atomic E-state index is 0.320. The lowest BCUT2D eigenvalue weighted by Gasteiger charge is -2.29. The van der Waals surface area contributed by atoms with Crippen molar-refractivity contribution in [3.63, 3.8) is 0 Å². The van der Waals surface area contributed by atoms with Gasteiger partial charge in [0, 0.05) is 25.6 Å². The number of rotatable bonds is 5. The second-order valence-electron chi connectivity index (χ2n) is 5.82. The first kappa shape index (κ1) is 14.5. The summed E-state index contributed by atoms with van der Waals surface area (Å²) in [6, 6.07) is 0.321. The summed E-state index contributed by atoms with van der Waals surface area (Å²) >= 11 is 0. The molecule has 0 spiro atoms. The average Bonchev–Trinajstić information content (AvgIpc) is 2.25. The van der Waals surface area contributed by atoms with Gasteiger partial charge in [-0.3, -0.25) is 4.79 Å². The van der Waals surface area contributed by atoms with Gasteiger partial charge >= 0.3 is 0 Å². The molecule has 0 heterocycles. The third kappa shape index (κ3) is 5.07. The summed E-state index contributed by atoms with van der Waals surface area (Å²) in [6.45, 7) is 8.09. The quantitative estimate of drug-likeness (QED) is 0.802. The van der Waals surface area contributed by atoms with Crippen LogP contribution in [0.5, 0.6) is 0 Å². The highest BCUT2D eigenvalue weighted by Gasteiger charge is 2.23. The van der Waals surface area contributed by atoms with Gasteiger partial charge in [-0.2, -0.15) is 0 Å². The summed E-state index contributed by atoms with van der Waals surface area (Å²) in [5.74, 6) is 1.39. The average molecular weight is 240 g/mol. The number of hydrogen-bond acceptors (Lipinski definition) is 2. The van der Waals surface area contributed by atoms with Crippen LogP contribution in [0.15, 0.2) is 0 Å². The summed E-state index contributed by atoms with van der Waals surface area (Å²) in [7, 11) is 0. The van der Waals surface area contributed by atoms with E-state index in [1.165, 1.54) is 12.8 Å². The highest BCUT2D eigenvalue weighted by molar-refractivity contribution is 5.76. The molecule has 1 amide bonds. The van der Waals surface area contributed by atoms with Crippen molar-refractivity contribution in [2.75, 3.05) is 13.1 Å². The van der Waals surface area contributed by atoms with E-state index >= 15 is 0 Å². The van der Waals surface area contributed by atoms with Crippen LogP contribution in [0.1, 0.15) is 52.9 Å². The van der Waals surface area contributed by atoms with E-state index in [1.54, 1.807) is 0 Å². The second-order valence-corrected chi connectivity index (χ2v) is 5.82. The number of nitrogens with two attached hydrogens (primary N) is 1. The van der Waals surface area contributed by atoms with Crippen LogP contribution in [-0.2, 0) is 4.79 Å². The van der Waals surface area contributed by atoms with Gasteiger partial charge in [-0.1, -0.05) is 20.3 Å². The second kappa shape index (κ2) is 7.00. The van der Waals surface area contributed by atoms with E-state index in [-0.39, 0.29) is 0 Å². The Balaban J connectivity index is 2.40. The molecule has 3 nitrogen and oxygen atoms in total. The number of nitrogens with zero attached hydrogens (tertiary/aromatic N) is 1. The van der Waals surface area contributed by atoms with Gasteiger partial charge in [0.15, 0.2) is 0 Å². The molecule has 1 aliphatic rings. The smallest absolute Gasteiger partial charge is 0.222 e. The van der Waals surface area contributed by atoms with Crippen molar-refractivity contribution in [2.45, 2.75) is 58.9 Å². The zero-order valence-corrected chi connectivity index (χ0v) is 11.6. The summed E-state index contributed by atoms with van der Waals surface area (Å²) in [5.41, 5.74) is 5.97. The third-order valence-electron chi connectivity index (χ3n) is 3.61. The largest absolute Gasteiger partial charge is 0.343 e. The molecule has 1 saturated carbocycles.